The van der Waals surface area contributed by atoms with Crippen molar-refractivity contribution >= 4 is 33.4 Å². The van der Waals surface area contributed by atoms with Crippen LogP contribution in [0.15, 0.2) is 81.7 Å². The predicted octanol–water partition coefficient (Wildman–Crippen LogP) is 5.97. The van der Waals surface area contributed by atoms with Crippen molar-refractivity contribution < 1.29 is 23.1 Å². The summed E-state index contributed by atoms with van der Waals surface area (Å²) in [5.41, 5.74) is 3.61. The van der Waals surface area contributed by atoms with E-state index in [2.05, 4.69) is 21.2 Å². The van der Waals surface area contributed by atoms with Gasteiger partial charge in [0.15, 0.2) is 12.0 Å². The number of carbonyl (C=O) groups excluding carboxylic acids is 2. The van der Waals surface area contributed by atoms with Crippen molar-refractivity contribution in [3.8, 4) is 22.7 Å². The molecule has 0 aliphatic carbocycles. The minimum atomic E-state index is -0.775. The average Bonchev–Trinajstić information content (AvgIpc) is 3.48. The van der Waals surface area contributed by atoms with E-state index in [1.807, 2.05) is 48.5 Å². The number of nitrogens with one attached hydrogen (secondary N) is 1. The lowest BCUT2D eigenvalue weighted by Crippen LogP contribution is -2.30. The second kappa shape index (κ2) is 10.7. The molecule has 3 aromatic carbocycles. The number of halogens is 2. The van der Waals surface area contributed by atoms with Gasteiger partial charge in [-0.1, -0.05) is 28.1 Å². The minimum Gasteiger partial charge on any atom is -0.436 e. The first kappa shape index (κ1) is 24.9. The molecule has 7 nitrogen and oxygen atoms in total. The maximum absolute atomic E-state index is 13.6. The number of amides is 2. The molecule has 0 spiro atoms. The predicted molar refractivity (Wildman–Crippen MR) is 140 cm³/mol. The molecule has 0 radical (unpaired) electrons. The van der Waals surface area contributed by atoms with Crippen LogP contribution in [-0.2, 0) is 20.7 Å². The fourth-order valence-corrected chi connectivity index (χ4v) is 4.41. The second-order valence-electron chi connectivity index (χ2n) is 8.62. The van der Waals surface area contributed by atoms with E-state index in [-0.39, 0.29) is 24.2 Å². The Morgan fingerprint density at radius 3 is 2.41 bits per heavy atom. The summed E-state index contributed by atoms with van der Waals surface area (Å²) in [4.78, 5) is 30.4. The molecule has 5 rings (SSSR count). The first-order valence-electron chi connectivity index (χ1n) is 11.7. The molecule has 37 heavy (non-hydrogen) atoms. The number of anilines is 1. The SMILES string of the molecule is CC(=O)Nc1ccc(CCN2C(=O)CO[C@H]2c2oc(-c3ccc(Br)cc3)nc2-c2ccc(F)cc2)cc1. The molecule has 1 aromatic heterocycles. The minimum absolute atomic E-state index is 0.0800. The van der Waals surface area contributed by atoms with Gasteiger partial charge in [-0.25, -0.2) is 9.37 Å². The van der Waals surface area contributed by atoms with Crippen LogP contribution < -0.4 is 5.32 Å². The van der Waals surface area contributed by atoms with Gasteiger partial charge in [0.05, 0.1) is 0 Å². The van der Waals surface area contributed by atoms with Crippen LogP contribution >= 0.6 is 15.9 Å². The summed E-state index contributed by atoms with van der Waals surface area (Å²) < 4.78 is 26.6. The number of nitrogens with zero attached hydrogens (tertiary/aromatic N) is 2. The van der Waals surface area contributed by atoms with Crippen molar-refractivity contribution in [3.05, 3.63) is 94.4 Å². The summed E-state index contributed by atoms with van der Waals surface area (Å²) in [6, 6.07) is 20.9. The molecule has 1 N–H and O–H groups in total. The van der Waals surface area contributed by atoms with Crippen molar-refractivity contribution in [1.29, 1.82) is 0 Å². The third-order valence-electron chi connectivity index (χ3n) is 5.97. The molecule has 9 heteroatoms. The molecule has 2 heterocycles. The van der Waals surface area contributed by atoms with Crippen LogP contribution in [-0.4, -0.2) is 34.8 Å². The zero-order valence-corrected chi connectivity index (χ0v) is 21.5. The summed E-state index contributed by atoms with van der Waals surface area (Å²) in [5.74, 6) is 0.100. The molecule has 1 aliphatic heterocycles. The number of rotatable bonds is 7. The van der Waals surface area contributed by atoms with Gasteiger partial charge < -0.3 is 19.4 Å². The van der Waals surface area contributed by atoms with Crippen molar-refractivity contribution in [2.24, 2.45) is 0 Å². The molecule has 1 fully saturated rings. The highest BCUT2D eigenvalue weighted by atomic mass is 79.9. The summed E-state index contributed by atoms with van der Waals surface area (Å²) in [6.07, 6.45) is -0.200. The summed E-state index contributed by atoms with van der Waals surface area (Å²) >= 11 is 3.43. The Morgan fingerprint density at radius 1 is 1.05 bits per heavy atom. The topological polar surface area (TPSA) is 84.7 Å². The summed E-state index contributed by atoms with van der Waals surface area (Å²) in [7, 11) is 0. The molecule has 188 valence electrons. The van der Waals surface area contributed by atoms with Gasteiger partial charge in [-0.2, -0.15) is 0 Å². The lowest BCUT2D eigenvalue weighted by atomic mass is 10.1. The number of hydrogen-bond donors (Lipinski definition) is 1. The van der Waals surface area contributed by atoms with Crippen molar-refractivity contribution in [1.82, 2.24) is 9.88 Å². The number of carbonyl (C=O) groups is 2. The number of benzene rings is 3. The number of ether oxygens (including phenoxy) is 1. The summed E-state index contributed by atoms with van der Waals surface area (Å²) in [6.45, 7) is 1.77. The highest BCUT2D eigenvalue weighted by molar-refractivity contribution is 9.10. The molecule has 1 atom stereocenters. The van der Waals surface area contributed by atoms with Gasteiger partial charge >= 0.3 is 0 Å². The van der Waals surface area contributed by atoms with Gasteiger partial charge in [0.1, 0.15) is 18.1 Å². The molecule has 0 bridgehead atoms. The van der Waals surface area contributed by atoms with Crippen molar-refractivity contribution in [2.45, 2.75) is 19.6 Å². The van der Waals surface area contributed by atoms with Crippen LogP contribution in [0.25, 0.3) is 22.7 Å². The van der Waals surface area contributed by atoms with E-state index in [0.717, 1.165) is 15.6 Å². The zero-order valence-electron chi connectivity index (χ0n) is 19.9. The van der Waals surface area contributed by atoms with Crippen LogP contribution in [0.1, 0.15) is 24.5 Å². The van der Waals surface area contributed by atoms with Crippen molar-refractivity contribution in [3.63, 3.8) is 0 Å². The third-order valence-corrected chi connectivity index (χ3v) is 6.50. The van der Waals surface area contributed by atoms with Gasteiger partial charge in [-0.3, -0.25) is 9.59 Å². The molecular weight excluding hydrogens is 541 g/mol. The third kappa shape index (κ3) is 5.63. The highest BCUT2D eigenvalue weighted by Gasteiger charge is 2.38. The molecule has 1 saturated heterocycles. The Hall–Kier alpha value is -3.82. The van der Waals surface area contributed by atoms with Gasteiger partial charge in [0.25, 0.3) is 5.91 Å². The van der Waals surface area contributed by atoms with Gasteiger partial charge in [-0.05, 0) is 72.6 Å². The Bertz CT molecular complexity index is 1420. The van der Waals surface area contributed by atoms with E-state index in [0.29, 0.717) is 41.6 Å². The fraction of sp³-hybridized carbons (Fsp3) is 0.179. The lowest BCUT2D eigenvalue weighted by Gasteiger charge is -2.22. The van der Waals surface area contributed by atoms with E-state index < -0.39 is 6.23 Å². The normalized spacial score (nSPS) is 15.3. The van der Waals surface area contributed by atoms with Gasteiger partial charge in [-0.15, -0.1) is 0 Å². The average molecular weight is 564 g/mol. The van der Waals surface area contributed by atoms with E-state index in [1.54, 1.807) is 17.0 Å². The van der Waals surface area contributed by atoms with Crippen LogP contribution in [0.3, 0.4) is 0 Å². The first-order valence-corrected chi connectivity index (χ1v) is 12.5. The maximum Gasteiger partial charge on any atom is 0.251 e. The largest absolute Gasteiger partial charge is 0.436 e. The molecular formula is C28H23BrFN3O4. The number of hydrogen-bond acceptors (Lipinski definition) is 5. The number of aromatic nitrogens is 1. The Labute approximate surface area is 221 Å². The Kier molecular flexibility index (Phi) is 7.16. The molecule has 4 aromatic rings. The fourth-order valence-electron chi connectivity index (χ4n) is 4.15. The van der Waals surface area contributed by atoms with Crippen LogP contribution in [0, 0.1) is 5.82 Å². The first-order chi connectivity index (χ1) is 17.9. The smallest absolute Gasteiger partial charge is 0.251 e. The van der Waals surface area contributed by atoms with Crippen molar-refractivity contribution in [2.75, 3.05) is 18.5 Å². The molecule has 1 aliphatic rings. The maximum atomic E-state index is 13.6. The second-order valence-corrected chi connectivity index (χ2v) is 9.54. The van der Waals surface area contributed by atoms with E-state index in [4.69, 9.17) is 14.1 Å². The standard InChI is InChI=1S/C28H23BrFN3O4/c1-17(34)31-23-12-2-18(3-13-23)14-15-33-24(35)16-36-28(33)26-25(19-6-10-22(30)11-7-19)32-27(37-26)20-4-8-21(29)9-5-20/h2-13,28H,14-16H2,1H3,(H,31,34)/t28-/m0/s1. The monoisotopic (exact) mass is 563 g/mol. The quantitative estimate of drug-likeness (QED) is 0.299. The summed E-state index contributed by atoms with van der Waals surface area (Å²) in [5, 5.41) is 2.74. The van der Waals surface area contributed by atoms with E-state index in [9.17, 15) is 14.0 Å². The highest BCUT2D eigenvalue weighted by Crippen LogP contribution is 2.38. The lowest BCUT2D eigenvalue weighted by molar-refractivity contribution is -0.128. The van der Waals surface area contributed by atoms with E-state index in [1.165, 1.54) is 19.1 Å². The van der Waals surface area contributed by atoms with Gasteiger partial charge in [0.2, 0.25) is 11.8 Å². The molecule has 0 unspecified atom stereocenters. The van der Waals surface area contributed by atoms with Crippen LogP contribution in [0.4, 0.5) is 10.1 Å². The van der Waals surface area contributed by atoms with Crippen LogP contribution in [0.5, 0.6) is 0 Å². The van der Waals surface area contributed by atoms with Gasteiger partial charge in [0, 0.05) is 34.8 Å². The Balaban J connectivity index is 1.44. The molecule has 2 amide bonds. The number of oxazole rings is 1. The molecule has 0 saturated carbocycles. The van der Waals surface area contributed by atoms with Crippen LogP contribution in [0.2, 0.25) is 0 Å². The van der Waals surface area contributed by atoms with E-state index >= 15 is 0 Å². The zero-order chi connectivity index (χ0) is 25.9. The Morgan fingerprint density at radius 2 is 1.73 bits per heavy atom.